The van der Waals surface area contributed by atoms with E-state index in [0.717, 1.165) is 33.4 Å². The van der Waals surface area contributed by atoms with E-state index in [1.165, 1.54) is 5.56 Å². The number of rotatable bonds is 6. The fourth-order valence-electron chi connectivity index (χ4n) is 4.12. The highest BCUT2D eigenvalue weighted by atomic mass is 32.1. The standard InChI is InChI=1S/C29H29N3O3S/c1-19-28(33)32(15-16-34-22-11-9-21(10-12-22)29(2,3)4)25-17-20(8-13-26(25)35-19)24-18-36-27(31-24)23-7-5-6-14-30-23/h5-14,17-19H,15-16H2,1-4H3. The summed E-state index contributed by atoms with van der Waals surface area (Å²) in [7, 11) is 0. The van der Waals surface area contributed by atoms with E-state index in [9.17, 15) is 4.79 Å². The molecule has 2 aromatic heterocycles. The lowest BCUT2D eigenvalue weighted by atomic mass is 9.87. The topological polar surface area (TPSA) is 64.6 Å². The molecule has 0 radical (unpaired) electrons. The third-order valence-electron chi connectivity index (χ3n) is 6.16. The number of nitrogens with zero attached hydrogens (tertiary/aromatic N) is 3. The molecule has 0 N–H and O–H groups in total. The van der Waals surface area contributed by atoms with Crippen molar-refractivity contribution in [3.05, 3.63) is 77.8 Å². The summed E-state index contributed by atoms with van der Waals surface area (Å²) in [6.07, 6.45) is 1.21. The maximum absolute atomic E-state index is 13.0. The predicted molar refractivity (Wildman–Crippen MR) is 144 cm³/mol. The Bertz CT molecular complexity index is 1360. The van der Waals surface area contributed by atoms with E-state index >= 15 is 0 Å². The zero-order chi connectivity index (χ0) is 25.3. The highest BCUT2D eigenvalue weighted by Gasteiger charge is 2.32. The van der Waals surface area contributed by atoms with Crippen LogP contribution >= 0.6 is 11.3 Å². The minimum atomic E-state index is -0.551. The minimum Gasteiger partial charge on any atom is -0.492 e. The van der Waals surface area contributed by atoms with E-state index in [1.54, 1.807) is 29.4 Å². The first-order chi connectivity index (χ1) is 17.3. The van der Waals surface area contributed by atoms with Crippen molar-refractivity contribution in [1.29, 1.82) is 0 Å². The Labute approximate surface area is 215 Å². The average Bonchev–Trinajstić information content (AvgIpc) is 3.37. The van der Waals surface area contributed by atoms with Crippen molar-refractivity contribution in [3.8, 4) is 33.5 Å². The molecule has 0 fully saturated rings. The van der Waals surface area contributed by atoms with Gasteiger partial charge < -0.3 is 14.4 Å². The van der Waals surface area contributed by atoms with Crippen LogP contribution in [0.5, 0.6) is 11.5 Å². The van der Waals surface area contributed by atoms with Gasteiger partial charge in [0.25, 0.3) is 5.91 Å². The van der Waals surface area contributed by atoms with E-state index in [1.807, 2.05) is 53.9 Å². The van der Waals surface area contributed by atoms with Crippen molar-refractivity contribution in [2.45, 2.75) is 39.2 Å². The minimum absolute atomic E-state index is 0.0845. The van der Waals surface area contributed by atoms with Gasteiger partial charge in [-0.3, -0.25) is 9.78 Å². The third kappa shape index (κ3) is 4.97. The Kier molecular flexibility index (Phi) is 6.49. The zero-order valence-corrected chi connectivity index (χ0v) is 21.7. The summed E-state index contributed by atoms with van der Waals surface area (Å²) in [5, 5.41) is 2.86. The van der Waals surface area contributed by atoms with E-state index < -0.39 is 6.10 Å². The molecule has 0 spiro atoms. The SMILES string of the molecule is CC1Oc2ccc(-c3csc(-c4ccccn4)n3)cc2N(CCOc2ccc(C(C)(C)C)cc2)C1=O. The van der Waals surface area contributed by atoms with Gasteiger partial charge in [-0.2, -0.15) is 0 Å². The van der Waals surface area contributed by atoms with Gasteiger partial charge in [-0.15, -0.1) is 11.3 Å². The number of amides is 1. The Hall–Kier alpha value is -3.71. The Balaban J connectivity index is 1.34. The van der Waals surface area contributed by atoms with Gasteiger partial charge >= 0.3 is 0 Å². The Morgan fingerprint density at radius 3 is 2.58 bits per heavy atom. The van der Waals surface area contributed by atoms with Gasteiger partial charge in [0.15, 0.2) is 6.10 Å². The second kappa shape index (κ2) is 9.74. The number of carbonyl (C=O) groups is 1. The van der Waals surface area contributed by atoms with Gasteiger partial charge in [0.2, 0.25) is 0 Å². The Morgan fingerprint density at radius 2 is 1.86 bits per heavy atom. The molecule has 1 amide bonds. The highest BCUT2D eigenvalue weighted by Crippen LogP contribution is 2.38. The van der Waals surface area contributed by atoms with Crippen LogP contribution in [0.2, 0.25) is 0 Å². The molecule has 36 heavy (non-hydrogen) atoms. The molecule has 1 aliphatic heterocycles. The number of anilines is 1. The fourth-order valence-corrected chi connectivity index (χ4v) is 4.92. The molecule has 0 saturated carbocycles. The van der Waals surface area contributed by atoms with Crippen molar-refractivity contribution in [2.75, 3.05) is 18.1 Å². The lowest BCUT2D eigenvalue weighted by Gasteiger charge is -2.33. The van der Waals surface area contributed by atoms with E-state index in [0.29, 0.717) is 18.9 Å². The number of hydrogen-bond acceptors (Lipinski definition) is 6. The van der Waals surface area contributed by atoms with Gasteiger partial charge in [0.05, 0.1) is 23.6 Å². The summed E-state index contributed by atoms with van der Waals surface area (Å²) in [6.45, 7) is 9.12. The summed E-state index contributed by atoms with van der Waals surface area (Å²) in [5.41, 5.74) is 4.67. The maximum Gasteiger partial charge on any atom is 0.267 e. The second-order valence-electron chi connectivity index (χ2n) is 9.81. The van der Waals surface area contributed by atoms with Crippen LogP contribution in [0.15, 0.2) is 72.2 Å². The molecule has 184 valence electrons. The van der Waals surface area contributed by atoms with Gasteiger partial charge in [-0.25, -0.2) is 4.98 Å². The molecule has 7 heteroatoms. The van der Waals surface area contributed by atoms with Gasteiger partial charge in [-0.1, -0.05) is 39.0 Å². The van der Waals surface area contributed by atoms with Crippen LogP contribution in [-0.2, 0) is 10.2 Å². The average molecular weight is 500 g/mol. The lowest BCUT2D eigenvalue weighted by Crippen LogP contribution is -2.46. The quantitative estimate of drug-likeness (QED) is 0.309. The van der Waals surface area contributed by atoms with Crippen molar-refractivity contribution < 1.29 is 14.3 Å². The normalized spacial score (nSPS) is 15.4. The van der Waals surface area contributed by atoms with Crippen molar-refractivity contribution in [2.24, 2.45) is 0 Å². The molecule has 1 aliphatic rings. The first-order valence-corrected chi connectivity index (χ1v) is 12.9. The first kappa shape index (κ1) is 24.0. The van der Waals surface area contributed by atoms with E-state index in [2.05, 4.69) is 37.9 Å². The molecule has 5 rings (SSSR count). The van der Waals surface area contributed by atoms with Gasteiger partial charge in [0, 0.05) is 17.1 Å². The molecule has 0 saturated heterocycles. The van der Waals surface area contributed by atoms with Crippen LogP contribution in [0, 0.1) is 0 Å². The number of carbonyl (C=O) groups excluding carboxylic acids is 1. The zero-order valence-electron chi connectivity index (χ0n) is 20.9. The van der Waals surface area contributed by atoms with Crippen LogP contribution in [0.25, 0.3) is 22.0 Å². The van der Waals surface area contributed by atoms with E-state index in [-0.39, 0.29) is 11.3 Å². The monoisotopic (exact) mass is 499 g/mol. The van der Waals surface area contributed by atoms with E-state index in [4.69, 9.17) is 14.5 Å². The summed E-state index contributed by atoms with van der Waals surface area (Å²) in [4.78, 5) is 24.0. The second-order valence-corrected chi connectivity index (χ2v) is 10.7. The number of benzene rings is 2. The summed E-state index contributed by atoms with van der Waals surface area (Å²) < 4.78 is 11.9. The molecular formula is C29H29N3O3S. The molecule has 3 heterocycles. The number of ether oxygens (including phenoxy) is 2. The number of aromatic nitrogens is 2. The predicted octanol–water partition coefficient (Wildman–Crippen LogP) is 6.36. The summed E-state index contributed by atoms with van der Waals surface area (Å²) in [5.74, 6) is 1.38. The molecule has 2 aromatic carbocycles. The number of fused-ring (bicyclic) bond motifs is 1. The van der Waals surface area contributed by atoms with Crippen LogP contribution in [0.3, 0.4) is 0 Å². The largest absolute Gasteiger partial charge is 0.492 e. The fraction of sp³-hybridized carbons (Fsp3) is 0.276. The number of thiazole rings is 1. The molecular weight excluding hydrogens is 470 g/mol. The van der Waals surface area contributed by atoms with Crippen molar-refractivity contribution >= 4 is 22.9 Å². The summed E-state index contributed by atoms with van der Waals surface area (Å²) >= 11 is 1.55. The smallest absolute Gasteiger partial charge is 0.267 e. The number of pyridine rings is 1. The van der Waals surface area contributed by atoms with Crippen LogP contribution < -0.4 is 14.4 Å². The first-order valence-electron chi connectivity index (χ1n) is 12.0. The molecule has 0 aliphatic carbocycles. The summed E-state index contributed by atoms with van der Waals surface area (Å²) in [6, 6.07) is 19.8. The molecule has 6 nitrogen and oxygen atoms in total. The van der Waals surface area contributed by atoms with Crippen LogP contribution in [0.4, 0.5) is 5.69 Å². The maximum atomic E-state index is 13.0. The van der Waals surface area contributed by atoms with Gasteiger partial charge in [0.1, 0.15) is 23.1 Å². The van der Waals surface area contributed by atoms with Crippen LogP contribution in [0.1, 0.15) is 33.3 Å². The lowest BCUT2D eigenvalue weighted by molar-refractivity contribution is -0.125. The van der Waals surface area contributed by atoms with Gasteiger partial charge in [-0.05, 0) is 60.4 Å². The molecule has 1 atom stereocenters. The van der Waals surface area contributed by atoms with Crippen molar-refractivity contribution in [3.63, 3.8) is 0 Å². The molecule has 0 bridgehead atoms. The molecule has 1 unspecified atom stereocenters. The Morgan fingerprint density at radius 1 is 1.06 bits per heavy atom. The highest BCUT2D eigenvalue weighted by molar-refractivity contribution is 7.13. The number of hydrogen-bond donors (Lipinski definition) is 0. The third-order valence-corrected chi connectivity index (χ3v) is 7.02. The van der Waals surface area contributed by atoms with Crippen LogP contribution in [-0.4, -0.2) is 35.1 Å². The van der Waals surface area contributed by atoms with Crippen molar-refractivity contribution in [1.82, 2.24) is 9.97 Å². The molecule has 4 aromatic rings.